The third-order valence-electron chi connectivity index (χ3n) is 6.07. The summed E-state index contributed by atoms with van der Waals surface area (Å²) in [6, 6.07) is 9.77. The lowest BCUT2D eigenvalue weighted by Crippen LogP contribution is -2.39. The Morgan fingerprint density at radius 2 is 1.97 bits per heavy atom. The van der Waals surface area contributed by atoms with E-state index in [4.69, 9.17) is 0 Å². The van der Waals surface area contributed by atoms with E-state index in [1.807, 2.05) is 39.8 Å². The lowest BCUT2D eigenvalue weighted by molar-refractivity contribution is -0.127. The second-order valence-electron chi connectivity index (χ2n) is 9.52. The monoisotopic (exact) mass is 437 g/mol. The lowest BCUT2D eigenvalue weighted by atomic mass is 9.90. The zero-order valence-electron chi connectivity index (χ0n) is 19.1. The van der Waals surface area contributed by atoms with Crippen LogP contribution in [-0.4, -0.2) is 64.1 Å². The van der Waals surface area contributed by atoms with Gasteiger partial charge in [0.25, 0.3) is 5.91 Å². The molecule has 2 aliphatic rings. The van der Waals surface area contributed by atoms with Crippen LogP contribution < -0.4 is 5.32 Å². The van der Waals surface area contributed by atoms with Crippen LogP contribution in [0.1, 0.15) is 50.5 Å². The number of amides is 3. The smallest absolute Gasteiger partial charge is 0.291 e. The molecule has 8 nitrogen and oxygen atoms in total. The van der Waals surface area contributed by atoms with E-state index < -0.39 is 0 Å². The van der Waals surface area contributed by atoms with Gasteiger partial charge in [0.15, 0.2) is 0 Å². The summed E-state index contributed by atoms with van der Waals surface area (Å²) in [5.74, 6) is -0.350. The molecule has 0 unspecified atom stereocenters. The van der Waals surface area contributed by atoms with E-state index in [0.29, 0.717) is 38.2 Å². The number of nitrogens with zero attached hydrogens (tertiary/aromatic N) is 4. The molecule has 1 aromatic heterocycles. The number of nitrogens with one attached hydrogen (secondary N) is 1. The molecule has 32 heavy (non-hydrogen) atoms. The second-order valence-corrected chi connectivity index (χ2v) is 9.52. The number of fused-ring (bicyclic) bond motifs is 3. The summed E-state index contributed by atoms with van der Waals surface area (Å²) in [6.45, 7) is 8.45. The van der Waals surface area contributed by atoms with Gasteiger partial charge in [0.05, 0.1) is 12.3 Å². The van der Waals surface area contributed by atoms with Gasteiger partial charge in [0, 0.05) is 42.4 Å². The Labute approximate surface area is 188 Å². The van der Waals surface area contributed by atoms with Crippen LogP contribution in [0.5, 0.6) is 0 Å². The van der Waals surface area contributed by atoms with Gasteiger partial charge in [0.2, 0.25) is 11.8 Å². The minimum atomic E-state index is -0.279. The number of rotatable bonds is 6. The molecule has 8 heteroatoms. The maximum absolute atomic E-state index is 13.3. The van der Waals surface area contributed by atoms with E-state index in [9.17, 15) is 14.4 Å². The minimum absolute atomic E-state index is 0.136. The Kier molecular flexibility index (Phi) is 6.04. The topological polar surface area (TPSA) is 87.0 Å². The third-order valence-corrected chi connectivity index (χ3v) is 6.07. The van der Waals surface area contributed by atoms with Crippen molar-refractivity contribution >= 4 is 34.3 Å². The predicted molar refractivity (Wildman–Crippen MR) is 123 cm³/mol. The molecule has 1 N–H and O–H groups in total. The molecule has 0 atom stereocenters. The Balaban J connectivity index is 1.47. The maximum atomic E-state index is 13.3. The van der Waals surface area contributed by atoms with Gasteiger partial charge in [-0.15, -0.1) is 0 Å². The second kappa shape index (κ2) is 8.76. The Bertz CT molecular complexity index is 1080. The number of hydrazone groups is 1. The minimum Gasteiger partial charge on any atom is -0.354 e. The van der Waals surface area contributed by atoms with Crippen molar-refractivity contribution < 1.29 is 14.4 Å². The molecule has 0 saturated carbocycles. The molecule has 0 radical (unpaired) electrons. The van der Waals surface area contributed by atoms with Gasteiger partial charge in [-0.3, -0.25) is 14.4 Å². The van der Waals surface area contributed by atoms with Gasteiger partial charge in [-0.05, 0) is 25.0 Å². The van der Waals surface area contributed by atoms with E-state index in [2.05, 4.69) is 31.2 Å². The van der Waals surface area contributed by atoms with Crippen LogP contribution in [0.3, 0.4) is 0 Å². The number of carbonyl (C=O) groups excluding carboxylic acids is 3. The van der Waals surface area contributed by atoms with Crippen LogP contribution >= 0.6 is 0 Å². The van der Waals surface area contributed by atoms with Crippen LogP contribution in [0.4, 0.5) is 0 Å². The van der Waals surface area contributed by atoms with Gasteiger partial charge >= 0.3 is 0 Å². The van der Waals surface area contributed by atoms with Crippen LogP contribution in [-0.2, 0) is 16.1 Å². The van der Waals surface area contributed by atoms with Crippen molar-refractivity contribution in [3.63, 3.8) is 0 Å². The molecule has 0 spiro atoms. The molecule has 3 heterocycles. The van der Waals surface area contributed by atoms with E-state index in [1.165, 1.54) is 5.01 Å². The van der Waals surface area contributed by atoms with E-state index >= 15 is 0 Å². The quantitative estimate of drug-likeness (QED) is 0.705. The Morgan fingerprint density at radius 3 is 2.69 bits per heavy atom. The number of hydrogen-bond acceptors (Lipinski definition) is 4. The maximum Gasteiger partial charge on any atom is 0.291 e. The highest BCUT2D eigenvalue weighted by Gasteiger charge is 2.31. The fraction of sp³-hybridized carbons (Fsp3) is 0.500. The standard InChI is InChI=1S/C24H31N5O3/c1-24(2,3)20-15-28-18-9-5-4-8-17(18)14-19(28)23(32)29(26-20)16-21(30)25-11-7-13-27-12-6-10-22(27)31/h4-5,8-9,14H,6-7,10-13,15-16H2,1-3H3,(H,25,30). The molecule has 1 fully saturated rings. The number of hydrogen-bond donors (Lipinski definition) is 1. The molecule has 1 aromatic carbocycles. The molecule has 170 valence electrons. The summed E-state index contributed by atoms with van der Waals surface area (Å²) in [5.41, 5.74) is 2.10. The first-order chi connectivity index (χ1) is 15.2. The molecule has 2 aliphatic heterocycles. The average Bonchev–Trinajstić information content (AvgIpc) is 3.28. The normalized spacial score (nSPS) is 16.9. The van der Waals surface area contributed by atoms with Crippen molar-refractivity contribution in [2.45, 2.75) is 46.6 Å². The summed E-state index contributed by atoms with van der Waals surface area (Å²) in [7, 11) is 0. The first kappa shape index (κ1) is 22.0. The molecular weight excluding hydrogens is 406 g/mol. The molecular formula is C24H31N5O3. The molecule has 2 aromatic rings. The fourth-order valence-electron chi connectivity index (χ4n) is 4.19. The number of aromatic nitrogens is 1. The van der Waals surface area contributed by atoms with Crippen LogP contribution in [0.2, 0.25) is 0 Å². The highest BCUT2D eigenvalue weighted by Crippen LogP contribution is 2.27. The summed E-state index contributed by atoms with van der Waals surface area (Å²) >= 11 is 0. The number of para-hydroxylation sites is 1. The number of likely N-dealkylation sites (tertiary alicyclic amines) is 1. The summed E-state index contributed by atoms with van der Waals surface area (Å²) in [6.07, 6.45) is 2.22. The van der Waals surface area contributed by atoms with E-state index in [0.717, 1.165) is 29.6 Å². The molecule has 1 saturated heterocycles. The largest absolute Gasteiger partial charge is 0.354 e. The predicted octanol–water partition coefficient (Wildman–Crippen LogP) is 2.63. The van der Waals surface area contributed by atoms with Gasteiger partial charge in [-0.2, -0.15) is 5.10 Å². The van der Waals surface area contributed by atoms with Gasteiger partial charge in [-0.25, -0.2) is 5.01 Å². The zero-order chi connectivity index (χ0) is 22.9. The highest BCUT2D eigenvalue weighted by molar-refractivity contribution is 6.03. The molecule has 4 rings (SSSR count). The summed E-state index contributed by atoms with van der Waals surface area (Å²) in [5, 5.41) is 9.78. The molecule has 0 aliphatic carbocycles. The van der Waals surface area contributed by atoms with Crippen LogP contribution in [0, 0.1) is 5.41 Å². The zero-order valence-corrected chi connectivity index (χ0v) is 19.1. The van der Waals surface area contributed by atoms with Gasteiger partial charge in [0.1, 0.15) is 12.2 Å². The lowest BCUT2D eigenvalue weighted by Gasteiger charge is -2.23. The van der Waals surface area contributed by atoms with Crippen molar-refractivity contribution in [2.24, 2.45) is 10.5 Å². The van der Waals surface area contributed by atoms with Crippen molar-refractivity contribution in [1.29, 1.82) is 0 Å². The van der Waals surface area contributed by atoms with Crippen LogP contribution in [0.15, 0.2) is 35.4 Å². The molecule has 3 amide bonds. The van der Waals surface area contributed by atoms with Crippen molar-refractivity contribution in [1.82, 2.24) is 19.8 Å². The van der Waals surface area contributed by atoms with Crippen LogP contribution in [0.25, 0.3) is 10.9 Å². The first-order valence-electron chi connectivity index (χ1n) is 11.3. The average molecular weight is 438 g/mol. The summed E-state index contributed by atoms with van der Waals surface area (Å²) < 4.78 is 1.99. The Hall–Kier alpha value is -3.16. The summed E-state index contributed by atoms with van der Waals surface area (Å²) in [4.78, 5) is 39.5. The van der Waals surface area contributed by atoms with Gasteiger partial charge < -0.3 is 14.8 Å². The molecule has 0 bridgehead atoms. The first-order valence-corrected chi connectivity index (χ1v) is 11.3. The SMILES string of the molecule is CC(C)(C)C1=NN(CC(=O)NCCCN2CCCC2=O)C(=O)c2cc3ccccc3n2C1. The highest BCUT2D eigenvalue weighted by atomic mass is 16.2. The van der Waals surface area contributed by atoms with Crippen molar-refractivity contribution in [2.75, 3.05) is 26.2 Å². The van der Waals surface area contributed by atoms with Crippen molar-refractivity contribution in [3.8, 4) is 0 Å². The third kappa shape index (κ3) is 4.54. The number of benzene rings is 1. The fourth-order valence-corrected chi connectivity index (χ4v) is 4.19. The van der Waals surface area contributed by atoms with Crippen molar-refractivity contribution in [3.05, 3.63) is 36.0 Å². The number of carbonyl (C=O) groups is 3. The van der Waals surface area contributed by atoms with Gasteiger partial charge in [-0.1, -0.05) is 39.0 Å². The van der Waals surface area contributed by atoms with E-state index in [-0.39, 0.29) is 29.7 Å². The van der Waals surface area contributed by atoms with E-state index in [1.54, 1.807) is 0 Å². The Morgan fingerprint density at radius 1 is 1.19 bits per heavy atom.